The molecule has 0 unspecified atom stereocenters. The molecule has 0 spiro atoms. The summed E-state index contributed by atoms with van der Waals surface area (Å²) in [5.41, 5.74) is 1.32. The van der Waals surface area contributed by atoms with Crippen LogP contribution < -0.4 is 5.32 Å². The first-order chi connectivity index (χ1) is 9.06. The van der Waals surface area contributed by atoms with Gasteiger partial charge in [-0.15, -0.1) is 0 Å². The van der Waals surface area contributed by atoms with Crippen molar-refractivity contribution in [3.8, 4) is 0 Å². The molecule has 100 valence electrons. The summed E-state index contributed by atoms with van der Waals surface area (Å²) in [5.74, 6) is -2.00. The van der Waals surface area contributed by atoms with Crippen LogP contribution in [-0.4, -0.2) is 27.4 Å². The maximum atomic E-state index is 13.4. The van der Waals surface area contributed by atoms with E-state index >= 15 is 0 Å². The SMILES string of the molecule is Cn1cc(CCNc2ccc(C(=O)O)c(F)c2)cn1. The lowest BCUT2D eigenvalue weighted by Gasteiger charge is -2.06. The Kier molecular flexibility index (Phi) is 3.79. The van der Waals surface area contributed by atoms with Gasteiger partial charge in [0.25, 0.3) is 0 Å². The zero-order valence-corrected chi connectivity index (χ0v) is 10.4. The number of aromatic nitrogens is 2. The van der Waals surface area contributed by atoms with E-state index in [-0.39, 0.29) is 5.56 Å². The summed E-state index contributed by atoms with van der Waals surface area (Å²) in [7, 11) is 1.84. The normalized spacial score (nSPS) is 10.4. The summed E-state index contributed by atoms with van der Waals surface area (Å²) >= 11 is 0. The van der Waals surface area contributed by atoms with Crippen molar-refractivity contribution in [2.45, 2.75) is 6.42 Å². The first kappa shape index (κ1) is 13.1. The van der Waals surface area contributed by atoms with Crippen LogP contribution in [0.15, 0.2) is 30.6 Å². The molecule has 0 aliphatic carbocycles. The molecule has 5 nitrogen and oxygen atoms in total. The van der Waals surface area contributed by atoms with Crippen LogP contribution in [0.1, 0.15) is 15.9 Å². The van der Waals surface area contributed by atoms with Crippen LogP contribution in [0.4, 0.5) is 10.1 Å². The monoisotopic (exact) mass is 263 g/mol. The number of carboxylic acid groups (broad SMARTS) is 1. The standard InChI is InChI=1S/C13H14FN3O2/c1-17-8-9(7-16-17)4-5-15-10-2-3-11(13(18)19)12(14)6-10/h2-3,6-8,15H,4-5H2,1H3,(H,18,19). The molecular formula is C13H14FN3O2. The van der Waals surface area contributed by atoms with E-state index in [4.69, 9.17) is 5.11 Å². The van der Waals surface area contributed by atoms with Crippen LogP contribution >= 0.6 is 0 Å². The molecule has 0 bridgehead atoms. The average Bonchev–Trinajstić information content (AvgIpc) is 2.75. The van der Waals surface area contributed by atoms with Gasteiger partial charge in [-0.05, 0) is 30.2 Å². The Morgan fingerprint density at radius 3 is 2.89 bits per heavy atom. The van der Waals surface area contributed by atoms with Gasteiger partial charge < -0.3 is 10.4 Å². The first-order valence-electron chi connectivity index (χ1n) is 5.80. The maximum Gasteiger partial charge on any atom is 0.338 e. The number of nitrogens with zero attached hydrogens (tertiary/aromatic N) is 2. The number of anilines is 1. The number of halogens is 1. The largest absolute Gasteiger partial charge is 0.478 e. The lowest BCUT2D eigenvalue weighted by atomic mass is 10.2. The highest BCUT2D eigenvalue weighted by Crippen LogP contribution is 2.14. The zero-order valence-electron chi connectivity index (χ0n) is 10.4. The fraction of sp³-hybridized carbons (Fsp3) is 0.231. The highest BCUT2D eigenvalue weighted by atomic mass is 19.1. The second-order valence-corrected chi connectivity index (χ2v) is 4.20. The van der Waals surface area contributed by atoms with Gasteiger partial charge in [-0.3, -0.25) is 4.68 Å². The van der Waals surface area contributed by atoms with Crippen LogP contribution in [0.25, 0.3) is 0 Å². The summed E-state index contributed by atoms with van der Waals surface area (Å²) < 4.78 is 15.1. The summed E-state index contributed by atoms with van der Waals surface area (Å²) in [4.78, 5) is 10.7. The van der Waals surface area contributed by atoms with E-state index in [0.29, 0.717) is 12.2 Å². The highest BCUT2D eigenvalue weighted by Gasteiger charge is 2.10. The molecule has 0 atom stereocenters. The van der Waals surface area contributed by atoms with Gasteiger partial charge in [0.1, 0.15) is 5.82 Å². The Labute approximate surface area is 109 Å². The van der Waals surface area contributed by atoms with Gasteiger partial charge in [-0.1, -0.05) is 0 Å². The van der Waals surface area contributed by atoms with Crippen molar-refractivity contribution in [3.05, 3.63) is 47.5 Å². The van der Waals surface area contributed by atoms with Gasteiger partial charge in [-0.2, -0.15) is 5.10 Å². The second-order valence-electron chi connectivity index (χ2n) is 4.20. The first-order valence-corrected chi connectivity index (χ1v) is 5.80. The van der Waals surface area contributed by atoms with Gasteiger partial charge in [0.2, 0.25) is 0 Å². The Balaban J connectivity index is 1.93. The highest BCUT2D eigenvalue weighted by molar-refractivity contribution is 5.88. The van der Waals surface area contributed by atoms with Crippen LogP contribution in [0.2, 0.25) is 0 Å². The topological polar surface area (TPSA) is 67.2 Å². The number of carboxylic acids is 1. The number of carbonyl (C=O) groups is 1. The van der Waals surface area contributed by atoms with E-state index in [1.807, 2.05) is 13.2 Å². The molecule has 19 heavy (non-hydrogen) atoms. The predicted molar refractivity (Wildman–Crippen MR) is 68.8 cm³/mol. The van der Waals surface area contributed by atoms with Gasteiger partial charge in [0.15, 0.2) is 0 Å². The molecule has 0 amide bonds. The van der Waals surface area contributed by atoms with Crippen molar-refractivity contribution in [1.29, 1.82) is 0 Å². The van der Waals surface area contributed by atoms with Crippen molar-refractivity contribution in [3.63, 3.8) is 0 Å². The smallest absolute Gasteiger partial charge is 0.338 e. The molecule has 0 saturated heterocycles. The molecule has 2 aromatic rings. The molecule has 1 aromatic heterocycles. The summed E-state index contributed by atoms with van der Waals surface area (Å²) in [5, 5.41) is 15.8. The Morgan fingerprint density at radius 1 is 1.53 bits per heavy atom. The maximum absolute atomic E-state index is 13.4. The lowest BCUT2D eigenvalue weighted by Crippen LogP contribution is -2.06. The van der Waals surface area contributed by atoms with Crippen molar-refractivity contribution >= 4 is 11.7 Å². The van der Waals surface area contributed by atoms with E-state index in [0.717, 1.165) is 12.0 Å². The molecule has 1 heterocycles. The lowest BCUT2D eigenvalue weighted by molar-refractivity contribution is 0.0692. The molecule has 0 fully saturated rings. The van der Waals surface area contributed by atoms with E-state index < -0.39 is 11.8 Å². The minimum absolute atomic E-state index is 0.321. The quantitative estimate of drug-likeness (QED) is 0.864. The zero-order chi connectivity index (χ0) is 13.8. The number of nitrogens with one attached hydrogen (secondary N) is 1. The Hall–Kier alpha value is -2.37. The minimum atomic E-state index is -1.26. The number of aromatic carboxylic acids is 1. The molecule has 0 aliphatic rings. The molecule has 6 heteroatoms. The van der Waals surface area contributed by atoms with Crippen molar-refractivity contribution in [2.24, 2.45) is 7.05 Å². The third-order valence-corrected chi connectivity index (χ3v) is 2.70. The van der Waals surface area contributed by atoms with Gasteiger partial charge in [-0.25, -0.2) is 9.18 Å². The van der Waals surface area contributed by atoms with Crippen LogP contribution in [0, 0.1) is 5.82 Å². The fourth-order valence-corrected chi connectivity index (χ4v) is 1.75. The van der Waals surface area contributed by atoms with E-state index in [1.54, 1.807) is 16.9 Å². The molecule has 0 radical (unpaired) electrons. The number of hydrogen-bond acceptors (Lipinski definition) is 3. The molecule has 0 aliphatic heterocycles. The second kappa shape index (κ2) is 5.51. The van der Waals surface area contributed by atoms with Crippen LogP contribution in [-0.2, 0) is 13.5 Å². The molecular weight excluding hydrogens is 249 g/mol. The fourth-order valence-electron chi connectivity index (χ4n) is 1.75. The van der Waals surface area contributed by atoms with Crippen molar-refractivity contribution in [2.75, 3.05) is 11.9 Å². The van der Waals surface area contributed by atoms with Gasteiger partial charge in [0, 0.05) is 25.5 Å². The van der Waals surface area contributed by atoms with Crippen LogP contribution in [0.3, 0.4) is 0 Å². The Morgan fingerprint density at radius 2 is 2.32 bits per heavy atom. The number of rotatable bonds is 5. The summed E-state index contributed by atoms with van der Waals surface area (Å²) in [6.45, 7) is 0.623. The Bertz CT molecular complexity index is 595. The van der Waals surface area contributed by atoms with E-state index in [1.165, 1.54) is 12.1 Å². The third kappa shape index (κ3) is 3.31. The third-order valence-electron chi connectivity index (χ3n) is 2.70. The number of aryl methyl sites for hydroxylation is 1. The molecule has 0 saturated carbocycles. The summed E-state index contributed by atoms with van der Waals surface area (Å²) in [6, 6.07) is 3.99. The predicted octanol–water partition coefficient (Wildman–Crippen LogP) is 1.91. The number of hydrogen-bond donors (Lipinski definition) is 2. The van der Waals surface area contributed by atoms with Gasteiger partial charge in [0.05, 0.1) is 11.8 Å². The average molecular weight is 263 g/mol. The van der Waals surface area contributed by atoms with Gasteiger partial charge >= 0.3 is 5.97 Å². The van der Waals surface area contributed by atoms with Crippen molar-refractivity contribution in [1.82, 2.24) is 9.78 Å². The van der Waals surface area contributed by atoms with E-state index in [9.17, 15) is 9.18 Å². The minimum Gasteiger partial charge on any atom is -0.478 e. The molecule has 1 aromatic carbocycles. The van der Waals surface area contributed by atoms with Crippen molar-refractivity contribution < 1.29 is 14.3 Å². The molecule has 2 N–H and O–H groups in total. The number of benzene rings is 1. The van der Waals surface area contributed by atoms with Crippen LogP contribution in [0.5, 0.6) is 0 Å². The van der Waals surface area contributed by atoms with E-state index in [2.05, 4.69) is 10.4 Å². The summed E-state index contributed by atoms with van der Waals surface area (Å²) in [6.07, 6.45) is 4.45. The molecule has 2 rings (SSSR count).